The van der Waals surface area contributed by atoms with E-state index in [4.69, 9.17) is 5.73 Å². The summed E-state index contributed by atoms with van der Waals surface area (Å²) in [7, 11) is 0. The van der Waals surface area contributed by atoms with Crippen molar-refractivity contribution in [3.63, 3.8) is 0 Å². The van der Waals surface area contributed by atoms with Gasteiger partial charge in [0.15, 0.2) is 0 Å². The van der Waals surface area contributed by atoms with Crippen LogP contribution in [0.3, 0.4) is 0 Å². The summed E-state index contributed by atoms with van der Waals surface area (Å²) in [6, 6.07) is 0.272. The molecular formula is C11H23N3O. The van der Waals surface area contributed by atoms with Gasteiger partial charge in [-0.1, -0.05) is 6.92 Å². The van der Waals surface area contributed by atoms with Crippen molar-refractivity contribution < 1.29 is 4.79 Å². The maximum Gasteiger partial charge on any atom is 0.239 e. The molecule has 1 saturated heterocycles. The molecule has 4 nitrogen and oxygen atoms in total. The molecule has 0 aromatic heterocycles. The van der Waals surface area contributed by atoms with Crippen molar-refractivity contribution in [2.45, 2.75) is 45.2 Å². The van der Waals surface area contributed by atoms with E-state index in [2.05, 4.69) is 17.1 Å². The largest absolute Gasteiger partial charge is 0.351 e. The van der Waals surface area contributed by atoms with Gasteiger partial charge in [-0.25, -0.2) is 0 Å². The highest BCUT2D eigenvalue weighted by Gasteiger charge is 2.26. The van der Waals surface area contributed by atoms with Crippen LogP contribution >= 0.6 is 0 Å². The number of likely N-dealkylation sites (tertiary alicyclic amines) is 1. The van der Waals surface area contributed by atoms with E-state index < -0.39 is 5.54 Å². The summed E-state index contributed by atoms with van der Waals surface area (Å²) in [6.07, 6.45) is 2.22. The Bertz CT molecular complexity index is 222. The van der Waals surface area contributed by atoms with Gasteiger partial charge < -0.3 is 16.0 Å². The van der Waals surface area contributed by atoms with Gasteiger partial charge in [0, 0.05) is 12.6 Å². The normalized spacial score (nSPS) is 23.9. The number of nitrogens with one attached hydrogen (secondary N) is 1. The molecule has 0 spiro atoms. The molecule has 1 unspecified atom stereocenters. The Labute approximate surface area is 92.2 Å². The van der Waals surface area contributed by atoms with Gasteiger partial charge in [-0.2, -0.15) is 0 Å². The van der Waals surface area contributed by atoms with E-state index in [1.807, 2.05) is 0 Å². The molecule has 1 rings (SSSR count). The van der Waals surface area contributed by atoms with Crippen molar-refractivity contribution in [1.29, 1.82) is 0 Å². The molecule has 3 N–H and O–H groups in total. The van der Waals surface area contributed by atoms with Crippen molar-refractivity contribution in [3.8, 4) is 0 Å². The molecule has 0 aliphatic carbocycles. The lowest BCUT2D eigenvalue weighted by Crippen LogP contribution is -2.55. The Kier molecular flexibility index (Phi) is 4.11. The van der Waals surface area contributed by atoms with Crippen LogP contribution in [0.1, 0.15) is 33.6 Å². The number of nitrogens with zero attached hydrogens (tertiary/aromatic N) is 1. The van der Waals surface area contributed by atoms with Crippen molar-refractivity contribution in [2.24, 2.45) is 5.73 Å². The molecule has 4 heteroatoms. The Morgan fingerprint density at radius 3 is 2.80 bits per heavy atom. The minimum Gasteiger partial charge on any atom is -0.351 e. The van der Waals surface area contributed by atoms with Gasteiger partial charge in [-0.05, 0) is 39.8 Å². The first-order valence-electron chi connectivity index (χ1n) is 5.75. The first kappa shape index (κ1) is 12.5. The molecule has 0 aromatic carbocycles. The topological polar surface area (TPSA) is 58.4 Å². The number of piperidine rings is 1. The van der Waals surface area contributed by atoms with E-state index in [0.29, 0.717) is 0 Å². The molecule has 1 heterocycles. The lowest BCUT2D eigenvalue weighted by Gasteiger charge is -2.33. The molecule has 1 atom stereocenters. The van der Waals surface area contributed by atoms with Crippen molar-refractivity contribution in [3.05, 3.63) is 0 Å². The maximum absolute atomic E-state index is 11.7. The predicted molar refractivity (Wildman–Crippen MR) is 61.5 cm³/mol. The fourth-order valence-corrected chi connectivity index (χ4v) is 1.83. The Morgan fingerprint density at radius 1 is 1.60 bits per heavy atom. The van der Waals surface area contributed by atoms with Crippen LogP contribution < -0.4 is 11.1 Å². The van der Waals surface area contributed by atoms with Crippen molar-refractivity contribution in [2.75, 3.05) is 19.6 Å². The van der Waals surface area contributed by atoms with E-state index in [-0.39, 0.29) is 11.9 Å². The van der Waals surface area contributed by atoms with Gasteiger partial charge in [0.05, 0.1) is 5.54 Å². The SMILES string of the molecule is CCN1CCCC(NC(=O)C(C)(C)N)C1. The zero-order valence-electron chi connectivity index (χ0n) is 10.0. The average molecular weight is 213 g/mol. The molecule has 0 bridgehead atoms. The zero-order chi connectivity index (χ0) is 11.5. The molecule has 1 amide bonds. The summed E-state index contributed by atoms with van der Waals surface area (Å²) in [6.45, 7) is 8.79. The third-order valence-corrected chi connectivity index (χ3v) is 2.87. The Hall–Kier alpha value is -0.610. The first-order valence-corrected chi connectivity index (χ1v) is 5.75. The highest BCUT2D eigenvalue weighted by molar-refractivity contribution is 5.85. The summed E-state index contributed by atoms with van der Waals surface area (Å²) in [5.74, 6) is -0.0505. The number of rotatable bonds is 3. The van der Waals surface area contributed by atoms with Crippen LogP contribution in [0.5, 0.6) is 0 Å². The Balaban J connectivity index is 2.41. The highest BCUT2D eigenvalue weighted by atomic mass is 16.2. The second-order valence-corrected chi connectivity index (χ2v) is 4.93. The van der Waals surface area contributed by atoms with Crippen LogP contribution in [-0.4, -0.2) is 42.0 Å². The molecular weight excluding hydrogens is 190 g/mol. The third kappa shape index (κ3) is 3.80. The van der Waals surface area contributed by atoms with Crippen molar-refractivity contribution in [1.82, 2.24) is 10.2 Å². The first-order chi connectivity index (χ1) is 6.93. The second kappa shape index (κ2) is 4.94. The van der Waals surface area contributed by atoms with Crippen LogP contribution in [-0.2, 0) is 4.79 Å². The van der Waals surface area contributed by atoms with Crippen molar-refractivity contribution >= 4 is 5.91 Å². The molecule has 1 fully saturated rings. The number of carbonyl (C=O) groups excluding carboxylic acids is 1. The lowest BCUT2D eigenvalue weighted by atomic mass is 10.0. The van der Waals surface area contributed by atoms with E-state index in [0.717, 1.165) is 32.5 Å². The highest BCUT2D eigenvalue weighted by Crippen LogP contribution is 2.10. The number of carbonyl (C=O) groups is 1. The van der Waals surface area contributed by atoms with Gasteiger partial charge in [-0.3, -0.25) is 4.79 Å². The van der Waals surface area contributed by atoms with Crippen LogP contribution in [0.4, 0.5) is 0 Å². The summed E-state index contributed by atoms with van der Waals surface area (Å²) in [4.78, 5) is 14.0. The fourth-order valence-electron chi connectivity index (χ4n) is 1.83. The molecule has 0 radical (unpaired) electrons. The molecule has 1 aliphatic heterocycles. The minimum atomic E-state index is -0.769. The summed E-state index contributed by atoms with van der Waals surface area (Å²) < 4.78 is 0. The molecule has 1 aliphatic rings. The van der Waals surface area contributed by atoms with Gasteiger partial charge in [0.2, 0.25) is 5.91 Å². The standard InChI is InChI=1S/C11H23N3O/c1-4-14-7-5-6-9(8-14)13-10(15)11(2,3)12/h9H,4-8,12H2,1-3H3,(H,13,15). The van der Waals surface area contributed by atoms with Gasteiger partial charge in [-0.15, -0.1) is 0 Å². The molecule has 0 saturated carbocycles. The van der Waals surface area contributed by atoms with E-state index in [1.165, 1.54) is 0 Å². The number of likely N-dealkylation sites (N-methyl/N-ethyl adjacent to an activating group) is 1. The van der Waals surface area contributed by atoms with Crippen LogP contribution in [0.25, 0.3) is 0 Å². The number of hydrogen-bond acceptors (Lipinski definition) is 3. The van der Waals surface area contributed by atoms with E-state index in [1.54, 1.807) is 13.8 Å². The quantitative estimate of drug-likeness (QED) is 0.710. The van der Waals surface area contributed by atoms with Crippen LogP contribution in [0.15, 0.2) is 0 Å². The smallest absolute Gasteiger partial charge is 0.239 e. The number of hydrogen-bond donors (Lipinski definition) is 2. The molecule has 88 valence electrons. The number of nitrogens with two attached hydrogens (primary N) is 1. The number of amides is 1. The zero-order valence-corrected chi connectivity index (χ0v) is 10.0. The third-order valence-electron chi connectivity index (χ3n) is 2.87. The van der Waals surface area contributed by atoms with Crippen LogP contribution in [0, 0.1) is 0 Å². The monoisotopic (exact) mass is 213 g/mol. The van der Waals surface area contributed by atoms with Gasteiger partial charge in [0.25, 0.3) is 0 Å². The van der Waals surface area contributed by atoms with Gasteiger partial charge >= 0.3 is 0 Å². The Morgan fingerprint density at radius 2 is 2.27 bits per heavy atom. The molecule has 0 aromatic rings. The van der Waals surface area contributed by atoms with E-state index >= 15 is 0 Å². The summed E-state index contributed by atoms with van der Waals surface area (Å²) in [5, 5.41) is 3.02. The molecule has 15 heavy (non-hydrogen) atoms. The lowest BCUT2D eigenvalue weighted by molar-refractivity contribution is -0.126. The van der Waals surface area contributed by atoms with Crippen LogP contribution in [0.2, 0.25) is 0 Å². The fraction of sp³-hybridized carbons (Fsp3) is 0.909. The second-order valence-electron chi connectivity index (χ2n) is 4.93. The predicted octanol–water partition coefficient (Wildman–Crippen LogP) is 0.324. The minimum absolute atomic E-state index is 0.0505. The summed E-state index contributed by atoms with van der Waals surface area (Å²) in [5.41, 5.74) is 4.97. The average Bonchev–Trinajstić information content (AvgIpc) is 2.16. The van der Waals surface area contributed by atoms with E-state index in [9.17, 15) is 4.79 Å². The van der Waals surface area contributed by atoms with Gasteiger partial charge in [0.1, 0.15) is 0 Å². The summed E-state index contributed by atoms with van der Waals surface area (Å²) >= 11 is 0. The maximum atomic E-state index is 11.7.